The van der Waals surface area contributed by atoms with Gasteiger partial charge in [0.15, 0.2) is 5.96 Å². The number of nitrogens with one attached hydrogen (secondary N) is 2. The van der Waals surface area contributed by atoms with E-state index in [9.17, 15) is 4.79 Å². The number of hydrogen-bond acceptors (Lipinski definition) is 2. The summed E-state index contributed by atoms with van der Waals surface area (Å²) in [5, 5.41) is 6.31. The number of hydrogen-bond donors (Lipinski definition) is 2. The Morgan fingerprint density at radius 1 is 1.33 bits per heavy atom. The van der Waals surface area contributed by atoms with Gasteiger partial charge in [0.05, 0.1) is 6.54 Å². The van der Waals surface area contributed by atoms with Crippen LogP contribution in [0.25, 0.3) is 0 Å². The molecular weight excluding hydrogens is 451 g/mol. The quantitative estimate of drug-likeness (QED) is 0.191. The van der Waals surface area contributed by atoms with E-state index in [1.165, 1.54) is 0 Å². The number of amides is 1. The first-order chi connectivity index (χ1) is 12.3. The second-order valence-electron chi connectivity index (χ2n) is 7.43. The molecule has 1 aromatic rings. The van der Waals surface area contributed by atoms with Crippen molar-refractivity contribution in [1.29, 1.82) is 0 Å². The molecule has 1 amide bonds. The van der Waals surface area contributed by atoms with Crippen molar-refractivity contribution >= 4 is 35.8 Å². The fourth-order valence-corrected chi connectivity index (χ4v) is 2.44. The number of allylic oxidation sites excluding steroid dienone is 1. The van der Waals surface area contributed by atoms with Crippen LogP contribution in [0.2, 0.25) is 0 Å². The summed E-state index contributed by atoms with van der Waals surface area (Å²) in [4.78, 5) is 19.2. The Morgan fingerprint density at radius 3 is 2.63 bits per heavy atom. The van der Waals surface area contributed by atoms with Crippen LogP contribution in [0.15, 0.2) is 41.9 Å². The third-order valence-corrected chi connectivity index (χ3v) is 3.69. The number of aliphatic imine (C=N–C) groups is 1. The van der Waals surface area contributed by atoms with Crippen LogP contribution < -0.4 is 10.6 Å². The molecule has 0 atom stereocenters. The molecule has 0 aliphatic rings. The minimum absolute atomic E-state index is 0. The fourth-order valence-electron chi connectivity index (χ4n) is 2.44. The van der Waals surface area contributed by atoms with E-state index < -0.39 is 0 Å². The third kappa shape index (κ3) is 10.4. The average Bonchev–Trinajstić information content (AvgIpc) is 2.57. The Morgan fingerprint density at radius 2 is 2.04 bits per heavy atom. The second-order valence-corrected chi connectivity index (χ2v) is 7.43. The van der Waals surface area contributed by atoms with E-state index in [2.05, 4.69) is 29.0 Å². The van der Waals surface area contributed by atoms with Crippen LogP contribution >= 0.6 is 24.0 Å². The lowest BCUT2D eigenvalue weighted by atomic mass is 10.1. The predicted molar refractivity (Wildman–Crippen MR) is 126 cm³/mol. The van der Waals surface area contributed by atoms with Gasteiger partial charge in [-0.15, -0.1) is 30.6 Å². The van der Waals surface area contributed by atoms with Crippen molar-refractivity contribution in [1.82, 2.24) is 15.5 Å². The van der Waals surface area contributed by atoms with Crippen molar-refractivity contribution in [3.63, 3.8) is 0 Å². The molecule has 2 N–H and O–H groups in total. The van der Waals surface area contributed by atoms with Crippen LogP contribution in [0.4, 0.5) is 0 Å². The van der Waals surface area contributed by atoms with E-state index in [0.29, 0.717) is 12.1 Å². The van der Waals surface area contributed by atoms with E-state index in [4.69, 9.17) is 4.99 Å². The van der Waals surface area contributed by atoms with Crippen molar-refractivity contribution in [2.75, 3.05) is 20.1 Å². The minimum atomic E-state index is -0.252. The number of benzene rings is 1. The van der Waals surface area contributed by atoms with Crippen LogP contribution in [0.1, 0.15) is 56.5 Å². The Bertz CT molecular complexity index is 623. The second kappa shape index (κ2) is 12.8. The van der Waals surface area contributed by atoms with Crippen LogP contribution in [0.5, 0.6) is 0 Å². The molecule has 27 heavy (non-hydrogen) atoms. The molecule has 0 saturated heterocycles. The van der Waals surface area contributed by atoms with Gasteiger partial charge in [-0.25, -0.2) is 4.99 Å². The van der Waals surface area contributed by atoms with Crippen molar-refractivity contribution in [2.45, 2.75) is 52.6 Å². The summed E-state index contributed by atoms with van der Waals surface area (Å²) >= 11 is 0. The molecule has 0 spiro atoms. The SMILES string of the molecule is C=CCCCN(C)C(=NCc1cccc(C(=O)NC(C)(C)C)c1)NCC.I. The molecule has 1 aromatic carbocycles. The number of guanidine groups is 1. The zero-order valence-electron chi connectivity index (χ0n) is 17.3. The Kier molecular flexibility index (Phi) is 12.0. The minimum Gasteiger partial charge on any atom is -0.357 e. The first kappa shape index (κ1) is 25.4. The number of nitrogens with zero attached hydrogens (tertiary/aromatic N) is 2. The van der Waals surface area contributed by atoms with E-state index in [-0.39, 0.29) is 35.4 Å². The number of unbranched alkanes of at least 4 members (excludes halogenated alkanes) is 1. The molecule has 0 aliphatic heterocycles. The van der Waals surface area contributed by atoms with E-state index >= 15 is 0 Å². The van der Waals surface area contributed by atoms with Gasteiger partial charge < -0.3 is 15.5 Å². The molecule has 0 aromatic heterocycles. The molecule has 1 rings (SSSR count). The molecule has 0 aliphatic carbocycles. The highest BCUT2D eigenvalue weighted by Gasteiger charge is 2.15. The maximum absolute atomic E-state index is 12.3. The lowest BCUT2D eigenvalue weighted by molar-refractivity contribution is 0.0919. The lowest BCUT2D eigenvalue weighted by Crippen LogP contribution is -2.40. The van der Waals surface area contributed by atoms with Crippen LogP contribution in [-0.4, -0.2) is 42.4 Å². The van der Waals surface area contributed by atoms with Gasteiger partial charge in [0.2, 0.25) is 0 Å². The highest BCUT2D eigenvalue weighted by atomic mass is 127. The smallest absolute Gasteiger partial charge is 0.251 e. The monoisotopic (exact) mass is 486 g/mol. The lowest BCUT2D eigenvalue weighted by Gasteiger charge is -2.22. The highest BCUT2D eigenvalue weighted by Crippen LogP contribution is 2.09. The largest absolute Gasteiger partial charge is 0.357 e. The van der Waals surface area contributed by atoms with Gasteiger partial charge in [0.1, 0.15) is 0 Å². The Labute approximate surface area is 181 Å². The first-order valence-corrected chi connectivity index (χ1v) is 9.28. The summed E-state index contributed by atoms with van der Waals surface area (Å²) < 4.78 is 0. The van der Waals surface area contributed by atoms with Crippen molar-refractivity contribution in [3.05, 3.63) is 48.0 Å². The van der Waals surface area contributed by atoms with Gasteiger partial charge in [0, 0.05) is 31.2 Å². The summed E-state index contributed by atoms with van der Waals surface area (Å²) in [5.41, 5.74) is 1.43. The van der Waals surface area contributed by atoms with Crippen LogP contribution in [-0.2, 0) is 6.54 Å². The number of carbonyl (C=O) groups is 1. The standard InChI is InChI=1S/C21H34N4O.HI/c1-7-9-10-14-25(6)20(22-8-2)23-16-17-12-11-13-18(15-17)19(26)24-21(3,4)5;/h7,11-13,15H,1,8-10,14,16H2,2-6H3,(H,22,23)(H,24,26);1H. The molecule has 0 fully saturated rings. The molecule has 0 heterocycles. The Balaban J connectivity index is 0.00000676. The van der Waals surface area contributed by atoms with Crippen LogP contribution in [0, 0.1) is 0 Å². The van der Waals surface area contributed by atoms with Crippen molar-refractivity contribution in [2.24, 2.45) is 4.99 Å². The van der Waals surface area contributed by atoms with Gasteiger partial charge in [0.25, 0.3) is 5.91 Å². The third-order valence-electron chi connectivity index (χ3n) is 3.69. The number of rotatable bonds is 8. The first-order valence-electron chi connectivity index (χ1n) is 9.28. The molecule has 152 valence electrons. The summed E-state index contributed by atoms with van der Waals surface area (Å²) in [6.45, 7) is 14.0. The molecule has 0 radical (unpaired) electrons. The topological polar surface area (TPSA) is 56.7 Å². The normalized spacial score (nSPS) is 11.4. The van der Waals surface area contributed by atoms with Crippen molar-refractivity contribution < 1.29 is 4.79 Å². The van der Waals surface area contributed by atoms with E-state index in [0.717, 1.165) is 37.5 Å². The van der Waals surface area contributed by atoms with Gasteiger partial charge in [-0.05, 0) is 58.2 Å². The van der Waals surface area contributed by atoms with E-state index in [1.54, 1.807) is 0 Å². The number of carbonyl (C=O) groups excluding carboxylic acids is 1. The van der Waals surface area contributed by atoms with E-state index in [1.807, 2.05) is 58.2 Å². The molecule has 0 saturated carbocycles. The Hall–Kier alpha value is -1.57. The molecule has 0 bridgehead atoms. The predicted octanol–water partition coefficient (Wildman–Crippen LogP) is 4.20. The van der Waals surface area contributed by atoms with Gasteiger partial charge in [-0.3, -0.25) is 4.79 Å². The maximum atomic E-state index is 12.3. The molecule has 0 unspecified atom stereocenters. The van der Waals surface area contributed by atoms with Gasteiger partial charge in [-0.1, -0.05) is 18.2 Å². The fraction of sp³-hybridized carbons (Fsp3) is 0.524. The highest BCUT2D eigenvalue weighted by molar-refractivity contribution is 14.0. The van der Waals surface area contributed by atoms with Crippen LogP contribution in [0.3, 0.4) is 0 Å². The van der Waals surface area contributed by atoms with Gasteiger partial charge >= 0.3 is 0 Å². The molecule has 5 nitrogen and oxygen atoms in total. The number of halogens is 1. The summed E-state index contributed by atoms with van der Waals surface area (Å²) in [7, 11) is 2.04. The zero-order chi connectivity index (χ0) is 19.6. The van der Waals surface area contributed by atoms with Gasteiger partial charge in [-0.2, -0.15) is 0 Å². The summed E-state index contributed by atoms with van der Waals surface area (Å²) in [6.07, 6.45) is 3.98. The average molecular weight is 486 g/mol. The zero-order valence-corrected chi connectivity index (χ0v) is 19.7. The summed E-state index contributed by atoms with van der Waals surface area (Å²) in [6, 6.07) is 7.65. The summed E-state index contributed by atoms with van der Waals surface area (Å²) in [5.74, 6) is 0.817. The maximum Gasteiger partial charge on any atom is 0.251 e. The molecular formula is C21H35IN4O. The molecule has 6 heteroatoms. The van der Waals surface area contributed by atoms with Crippen molar-refractivity contribution in [3.8, 4) is 0 Å².